The summed E-state index contributed by atoms with van der Waals surface area (Å²) < 4.78 is 0. The van der Waals surface area contributed by atoms with Crippen molar-refractivity contribution in [3.8, 4) is 0 Å². The zero-order valence-electron chi connectivity index (χ0n) is 14.4. The first-order valence-corrected chi connectivity index (χ1v) is 9.12. The molecule has 0 aliphatic carbocycles. The van der Waals surface area contributed by atoms with Gasteiger partial charge in [0.2, 0.25) is 0 Å². The van der Waals surface area contributed by atoms with Crippen LogP contribution in [0.3, 0.4) is 0 Å². The third kappa shape index (κ3) is 3.69. The van der Waals surface area contributed by atoms with Gasteiger partial charge in [-0.25, -0.2) is 9.78 Å². The fourth-order valence-electron chi connectivity index (χ4n) is 2.82. The molecule has 8 nitrogen and oxygen atoms in total. The van der Waals surface area contributed by atoms with Crippen molar-refractivity contribution in [2.24, 2.45) is 5.73 Å². The Morgan fingerprint density at radius 2 is 2.04 bits per heavy atom. The number of amides is 1. The summed E-state index contributed by atoms with van der Waals surface area (Å²) in [5.41, 5.74) is 6.51. The minimum Gasteiger partial charge on any atom is -0.476 e. The van der Waals surface area contributed by atoms with E-state index in [1.807, 2.05) is 6.92 Å². The molecular formula is C17H16ClN5O3S. The fourth-order valence-corrected chi connectivity index (χ4v) is 4.11. The second-order valence-corrected chi connectivity index (χ2v) is 7.47. The predicted octanol–water partition coefficient (Wildman–Crippen LogP) is 2.80. The monoisotopic (exact) mass is 405 g/mol. The Morgan fingerprint density at radius 3 is 2.67 bits per heavy atom. The molecule has 0 aromatic carbocycles. The number of pyridine rings is 2. The molecule has 1 unspecified atom stereocenters. The van der Waals surface area contributed by atoms with E-state index in [2.05, 4.69) is 15.3 Å². The van der Waals surface area contributed by atoms with Crippen LogP contribution in [0.25, 0.3) is 0 Å². The van der Waals surface area contributed by atoms with E-state index < -0.39 is 11.9 Å². The number of primary amides is 1. The van der Waals surface area contributed by atoms with Crippen LogP contribution in [-0.2, 0) is 4.79 Å². The van der Waals surface area contributed by atoms with E-state index in [1.54, 1.807) is 30.0 Å². The first-order chi connectivity index (χ1) is 12.8. The number of carboxylic acid groups (broad SMARTS) is 1. The highest BCUT2D eigenvalue weighted by atomic mass is 35.5. The molecule has 1 atom stereocenters. The number of nitrogens with two attached hydrogens (primary N) is 1. The minimum atomic E-state index is -1.15. The van der Waals surface area contributed by atoms with Gasteiger partial charge in [0.05, 0.1) is 22.3 Å². The van der Waals surface area contributed by atoms with Crippen LogP contribution in [0.2, 0.25) is 5.02 Å². The summed E-state index contributed by atoms with van der Waals surface area (Å²) in [5.74, 6) is -1.41. The van der Waals surface area contributed by atoms with Crippen LogP contribution >= 0.6 is 23.4 Å². The summed E-state index contributed by atoms with van der Waals surface area (Å²) in [7, 11) is 0. The number of halogens is 1. The smallest absolute Gasteiger partial charge is 0.355 e. The average molecular weight is 406 g/mol. The van der Waals surface area contributed by atoms with Crippen molar-refractivity contribution < 1.29 is 14.7 Å². The first-order valence-electron chi connectivity index (χ1n) is 7.87. The number of nitrogens with zero attached hydrogens (tertiary/aromatic N) is 3. The maximum Gasteiger partial charge on any atom is 0.355 e. The van der Waals surface area contributed by atoms with E-state index >= 15 is 0 Å². The van der Waals surface area contributed by atoms with E-state index in [9.17, 15) is 14.7 Å². The van der Waals surface area contributed by atoms with Gasteiger partial charge < -0.3 is 21.1 Å². The highest BCUT2D eigenvalue weighted by Gasteiger charge is 2.37. The van der Waals surface area contributed by atoms with Crippen molar-refractivity contribution >= 4 is 46.7 Å². The highest BCUT2D eigenvalue weighted by molar-refractivity contribution is 8.04. The molecule has 0 fully saturated rings. The molecule has 1 amide bonds. The number of nitrogens with one attached hydrogen (secondary N) is 1. The molecule has 0 saturated heterocycles. The topological polar surface area (TPSA) is 121 Å². The van der Waals surface area contributed by atoms with Crippen LogP contribution in [0.1, 0.15) is 23.0 Å². The van der Waals surface area contributed by atoms with Gasteiger partial charge in [-0.15, -0.1) is 0 Å². The number of thioether (sulfide) groups is 1. The number of hydrogen-bond acceptors (Lipinski definition) is 7. The van der Waals surface area contributed by atoms with Crippen LogP contribution < -0.4 is 16.0 Å². The third-order valence-corrected chi connectivity index (χ3v) is 5.22. The van der Waals surface area contributed by atoms with E-state index in [1.165, 1.54) is 24.2 Å². The summed E-state index contributed by atoms with van der Waals surface area (Å²) in [6.07, 6.45) is 3.03. The Kier molecular flexibility index (Phi) is 5.24. The summed E-state index contributed by atoms with van der Waals surface area (Å²) >= 11 is 7.26. The fraction of sp³-hybridized carbons (Fsp3) is 0.176. The van der Waals surface area contributed by atoms with Crippen molar-refractivity contribution in [2.45, 2.75) is 19.2 Å². The van der Waals surface area contributed by atoms with Crippen molar-refractivity contribution in [2.75, 3.05) is 10.2 Å². The molecule has 2 aromatic rings. The molecule has 140 valence electrons. The van der Waals surface area contributed by atoms with Gasteiger partial charge in [-0.2, -0.15) is 0 Å². The van der Waals surface area contributed by atoms with Crippen molar-refractivity contribution in [1.82, 2.24) is 9.97 Å². The Hall–Kier alpha value is -2.78. The van der Waals surface area contributed by atoms with Crippen molar-refractivity contribution in [3.05, 3.63) is 57.6 Å². The Morgan fingerprint density at radius 1 is 1.33 bits per heavy atom. The van der Waals surface area contributed by atoms with Crippen molar-refractivity contribution in [3.63, 3.8) is 0 Å². The Labute approximate surface area is 164 Å². The molecule has 0 spiro atoms. The zero-order valence-corrected chi connectivity index (χ0v) is 16.0. The molecule has 0 radical (unpaired) electrons. The van der Waals surface area contributed by atoms with E-state index in [0.29, 0.717) is 27.3 Å². The second kappa shape index (κ2) is 7.45. The van der Waals surface area contributed by atoms with E-state index in [4.69, 9.17) is 17.3 Å². The van der Waals surface area contributed by atoms with Crippen LogP contribution in [0.15, 0.2) is 41.3 Å². The third-order valence-electron chi connectivity index (χ3n) is 3.90. The Balaban J connectivity index is 2.11. The molecule has 1 aliphatic rings. The maximum absolute atomic E-state index is 12.0. The van der Waals surface area contributed by atoms with Crippen LogP contribution in [0.4, 0.5) is 11.5 Å². The molecule has 10 heteroatoms. The van der Waals surface area contributed by atoms with Gasteiger partial charge in [-0.3, -0.25) is 9.78 Å². The van der Waals surface area contributed by atoms with E-state index in [-0.39, 0.29) is 16.6 Å². The minimum absolute atomic E-state index is 0.0117. The molecule has 0 bridgehead atoms. The SMILES string of the molecule is Cc1nccc(N2C(C(=O)O)=C(Nc3cc(Cl)ccn3)SC2C)c1C(N)=O. The number of hydrogen-bond donors (Lipinski definition) is 3. The lowest BCUT2D eigenvalue weighted by Gasteiger charge is -2.26. The van der Waals surface area contributed by atoms with Gasteiger partial charge in [-0.1, -0.05) is 23.4 Å². The number of aliphatic carboxylic acids is 1. The highest BCUT2D eigenvalue weighted by Crippen LogP contribution is 2.42. The number of carbonyl (C=O) groups excluding carboxylic acids is 1. The molecule has 0 saturated carbocycles. The summed E-state index contributed by atoms with van der Waals surface area (Å²) in [4.78, 5) is 33.7. The second-order valence-electron chi connectivity index (χ2n) is 5.71. The molecule has 1 aliphatic heterocycles. The average Bonchev–Trinajstić information content (AvgIpc) is 2.90. The molecular weight excluding hydrogens is 390 g/mol. The number of rotatable bonds is 5. The largest absolute Gasteiger partial charge is 0.476 e. The van der Waals surface area contributed by atoms with Gasteiger partial charge in [0, 0.05) is 17.4 Å². The first kappa shape index (κ1) is 19.0. The zero-order chi connectivity index (χ0) is 19.7. The summed E-state index contributed by atoms with van der Waals surface area (Å²) in [6, 6.07) is 4.79. The predicted molar refractivity (Wildman–Crippen MR) is 105 cm³/mol. The molecule has 27 heavy (non-hydrogen) atoms. The quantitative estimate of drug-likeness (QED) is 0.694. The number of aromatic nitrogens is 2. The molecule has 3 heterocycles. The van der Waals surface area contributed by atoms with Gasteiger partial charge >= 0.3 is 5.97 Å². The molecule has 4 N–H and O–H groups in total. The number of aryl methyl sites for hydroxylation is 1. The van der Waals surface area contributed by atoms with Crippen molar-refractivity contribution in [1.29, 1.82) is 0 Å². The standard InChI is InChI=1S/C17H16ClN5O3S/c1-8-13(15(19)24)11(4-6-20-8)23-9(2)27-16(14(23)17(25)26)22-12-7-10(18)3-5-21-12/h3-7,9H,1-2H3,(H2,19,24)(H,21,22)(H,25,26). The number of carboxylic acids is 1. The van der Waals surface area contributed by atoms with Crippen LogP contribution in [0, 0.1) is 6.92 Å². The number of carbonyl (C=O) groups is 2. The molecule has 2 aromatic heterocycles. The number of anilines is 2. The lowest BCUT2D eigenvalue weighted by molar-refractivity contribution is -0.132. The normalized spacial score (nSPS) is 16.6. The summed E-state index contributed by atoms with van der Waals surface area (Å²) in [5, 5.41) is 13.4. The van der Waals surface area contributed by atoms with Crippen LogP contribution in [0.5, 0.6) is 0 Å². The van der Waals surface area contributed by atoms with Gasteiger partial charge in [0.25, 0.3) is 5.91 Å². The maximum atomic E-state index is 12.0. The lowest BCUT2D eigenvalue weighted by atomic mass is 10.1. The van der Waals surface area contributed by atoms with Gasteiger partial charge in [0.15, 0.2) is 5.70 Å². The summed E-state index contributed by atoms with van der Waals surface area (Å²) in [6.45, 7) is 3.48. The lowest BCUT2D eigenvalue weighted by Crippen LogP contribution is -2.32. The Bertz CT molecular complexity index is 965. The van der Waals surface area contributed by atoms with Crippen LogP contribution in [-0.4, -0.2) is 32.3 Å². The van der Waals surface area contributed by atoms with Gasteiger partial charge in [0.1, 0.15) is 10.8 Å². The van der Waals surface area contributed by atoms with Gasteiger partial charge in [-0.05, 0) is 32.0 Å². The van der Waals surface area contributed by atoms with E-state index in [0.717, 1.165) is 0 Å². The molecule has 3 rings (SSSR count).